The fourth-order valence-corrected chi connectivity index (χ4v) is 2.99. The Kier molecular flexibility index (Phi) is 4.01. The number of hydrogen-bond donors (Lipinski definition) is 1. The predicted molar refractivity (Wildman–Crippen MR) is 90.6 cm³/mol. The third-order valence-corrected chi connectivity index (χ3v) is 4.19. The van der Waals surface area contributed by atoms with Crippen molar-refractivity contribution in [3.8, 4) is 0 Å². The van der Waals surface area contributed by atoms with Gasteiger partial charge in [-0.2, -0.15) is 0 Å². The highest BCUT2D eigenvalue weighted by molar-refractivity contribution is 6.12. The number of hydrogen-bond acceptors (Lipinski definition) is 4. The third-order valence-electron chi connectivity index (χ3n) is 4.19. The van der Waals surface area contributed by atoms with E-state index < -0.39 is 5.97 Å². The van der Waals surface area contributed by atoms with Crippen molar-refractivity contribution in [1.82, 2.24) is 4.98 Å². The van der Waals surface area contributed by atoms with E-state index >= 15 is 0 Å². The van der Waals surface area contributed by atoms with Gasteiger partial charge in [-0.15, -0.1) is 0 Å². The molecule has 0 aliphatic heterocycles. The maximum Gasteiger partial charge on any atom is 0.340 e. The number of carbonyl (C=O) groups excluding carboxylic acids is 2. The molecule has 0 spiro atoms. The molecule has 3 aromatic rings. The van der Waals surface area contributed by atoms with E-state index in [0.29, 0.717) is 28.1 Å². The molecule has 2 aromatic heterocycles. The van der Waals surface area contributed by atoms with Crippen molar-refractivity contribution in [1.29, 1.82) is 0 Å². The average Bonchev–Trinajstić information content (AvgIpc) is 3.04. The number of nitrogens with one attached hydrogen (secondary N) is 1. The van der Waals surface area contributed by atoms with Gasteiger partial charge in [0.15, 0.2) is 5.76 Å². The van der Waals surface area contributed by atoms with Crippen molar-refractivity contribution >= 4 is 22.7 Å². The number of para-hydroxylation sites is 1. The monoisotopic (exact) mass is 325 g/mol. The Balaban J connectivity index is 2.08. The number of ether oxygens (including phenoxy) is 1. The number of carbonyl (C=O) groups is 2. The number of aromatic amines is 1. The molecule has 5 nitrogen and oxygen atoms in total. The normalized spacial score (nSPS) is 11.0. The van der Waals surface area contributed by atoms with Crippen molar-refractivity contribution in [2.45, 2.75) is 27.7 Å². The number of aromatic nitrogens is 1. The maximum atomic E-state index is 12.9. The number of H-pyrrole nitrogens is 1. The van der Waals surface area contributed by atoms with Crippen LogP contribution in [0, 0.1) is 20.8 Å². The minimum Gasteiger partial charge on any atom is -0.462 e. The van der Waals surface area contributed by atoms with Crippen LogP contribution in [0.2, 0.25) is 0 Å². The molecule has 0 atom stereocenters. The summed E-state index contributed by atoms with van der Waals surface area (Å²) < 4.78 is 10.8. The minimum absolute atomic E-state index is 0.264. The minimum atomic E-state index is -0.427. The molecule has 124 valence electrons. The van der Waals surface area contributed by atoms with Crippen LogP contribution in [0.4, 0.5) is 0 Å². The average molecular weight is 325 g/mol. The van der Waals surface area contributed by atoms with Crippen molar-refractivity contribution in [3.05, 3.63) is 58.1 Å². The van der Waals surface area contributed by atoms with Crippen LogP contribution in [-0.2, 0) is 4.74 Å². The van der Waals surface area contributed by atoms with Gasteiger partial charge < -0.3 is 14.1 Å². The number of furan rings is 1. The topological polar surface area (TPSA) is 72.3 Å². The van der Waals surface area contributed by atoms with Crippen molar-refractivity contribution in [2.24, 2.45) is 0 Å². The van der Waals surface area contributed by atoms with Crippen molar-refractivity contribution < 1.29 is 18.7 Å². The first kappa shape index (κ1) is 16.1. The molecule has 1 aromatic carbocycles. The summed E-state index contributed by atoms with van der Waals surface area (Å²) in [6.45, 7) is 7.38. The Morgan fingerprint density at radius 2 is 1.83 bits per heavy atom. The van der Waals surface area contributed by atoms with Crippen LogP contribution in [0.5, 0.6) is 0 Å². The fourth-order valence-electron chi connectivity index (χ4n) is 2.99. The highest BCUT2D eigenvalue weighted by Gasteiger charge is 2.26. The van der Waals surface area contributed by atoms with Gasteiger partial charge in [0, 0.05) is 16.6 Å². The van der Waals surface area contributed by atoms with Gasteiger partial charge in [0.2, 0.25) is 5.78 Å². The molecule has 0 bridgehead atoms. The van der Waals surface area contributed by atoms with Crippen LogP contribution in [0.15, 0.2) is 28.7 Å². The largest absolute Gasteiger partial charge is 0.462 e. The van der Waals surface area contributed by atoms with Crippen LogP contribution in [0.3, 0.4) is 0 Å². The van der Waals surface area contributed by atoms with Gasteiger partial charge >= 0.3 is 5.97 Å². The zero-order valence-corrected chi connectivity index (χ0v) is 14.1. The van der Waals surface area contributed by atoms with Crippen LogP contribution in [-0.4, -0.2) is 23.3 Å². The lowest BCUT2D eigenvalue weighted by atomic mass is 10.0. The van der Waals surface area contributed by atoms with Gasteiger partial charge in [0.1, 0.15) is 5.58 Å². The molecule has 0 radical (unpaired) electrons. The van der Waals surface area contributed by atoms with Crippen LogP contribution >= 0.6 is 0 Å². The van der Waals surface area contributed by atoms with E-state index in [1.165, 1.54) is 0 Å². The Labute approximate surface area is 139 Å². The number of rotatable bonds is 4. The highest BCUT2D eigenvalue weighted by atomic mass is 16.5. The Hall–Kier alpha value is -2.82. The number of fused-ring (bicyclic) bond motifs is 1. The summed E-state index contributed by atoms with van der Waals surface area (Å²) in [5.41, 5.74) is 3.43. The maximum absolute atomic E-state index is 12.9. The summed E-state index contributed by atoms with van der Waals surface area (Å²) in [4.78, 5) is 28.0. The molecular weight excluding hydrogens is 306 g/mol. The lowest BCUT2D eigenvalue weighted by Gasteiger charge is -2.02. The molecule has 24 heavy (non-hydrogen) atoms. The van der Waals surface area contributed by atoms with Gasteiger partial charge in [-0.25, -0.2) is 4.79 Å². The molecule has 5 heteroatoms. The van der Waals surface area contributed by atoms with Gasteiger partial charge in [-0.05, 0) is 39.3 Å². The standard InChI is InChI=1S/C19H19NO4/c1-5-23-19(22)15-11(3)16(20-12(15)4)17(21)18-10(2)13-8-6-7-9-14(13)24-18/h6-9,20H,5H2,1-4H3. The van der Waals surface area contributed by atoms with Gasteiger partial charge in [0.05, 0.1) is 17.9 Å². The van der Waals surface area contributed by atoms with Gasteiger partial charge in [-0.1, -0.05) is 18.2 Å². The number of benzene rings is 1. The molecule has 2 heterocycles. The molecule has 0 saturated carbocycles. The predicted octanol–water partition coefficient (Wildman–Crippen LogP) is 4.09. The summed E-state index contributed by atoms with van der Waals surface area (Å²) in [6.07, 6.45) is 0. The SMILES string of the molecule is CCOC(=O)c1c(C)[nH]c(C(=O)c2oc3ccccc3c2C)c1C. The molecule has 0 aliphatic carbocycles. The van der Waals surface area contributed by atoms with E-state index in [-0.39, 0.29) is 18.2 Å². The third kappa shape index (κ3) is 2.42. The first-order valence-electron chi connectivity index (χ1n) is 7.84. The van der Waals surface area contributed by atoms with E-state index in [1.807, 2.05) is 31.2 Å². The molecular formula is C19H19NO4. The second-order valence-electron chi connectivity index (χ2n) is 5.73. The molecule has 1 N–H and O–H groups in total. The zero-order chi connectivity index (χ0) is 17.4. The molecule has 0 fully saturated rings. The second-order valence-corrected chi connectivity index (χ2v) is 5.73. The summed E-state index contributed by atoms with van der Waals surface area (Å²) >= 11 is 0. The molecule has 0 amide bonds. The lowest BCUT2D eigenvalue weighted by Crippen LogP contribution is -2.08. The Morgan fingerprint density at radius 3 is 2.50 bits per heavy atom. The van der Waals surface area contributed by atoms with Gasteiger partial charge in [0.25, 0.3) is 0 Å². The Bertz CT molecular complexity index is 946. The highest BCUT2D eigenvalue weighted by Crippen LogP contribution is 2.28. The van der Waals surface area contributed by atoms with E-state index in [2.05, 4.69) is 4.98 Å². The van der Waals surface area contributed by atoms with Crippen molar-refractivity contribution in [2.75, 3.05) is 6.61 Å². The first-order chi connectivity index (χ1) is 11.5. The second kappa shape index (κ2) is 6.00. The lowest BCUT2D eigenvalue weighted by molar-refractivity contribution is 0.0525. The first-order valence-corrected chi connectivity index (χ1v) is 7.84. The number of ketones is 1. The summed E-state index contributed by atoms with van der Waals surface area (Å²) in [5, 5.41) is 0.910. The number of aryl methyl sites for hydroxylation is 2. The summed E-state index contributed by atoms with van der Waals surface area (Å²) in [5.74, 6) is -0.403. The quantitative estimate of drug-likeness (QED) is 0.579. The van der Waals surface area contributed by atoms with Crippen LogP contribution < -0.4 is 0 Å². The summed E-state index contributed by atoms with van der Waals surface area (Å²) in [6, 6.07) is 7.52. The fraction of sp³-hybridized carbons (Fsp3) is 0.263. The van der Waals surface area contributed by atoms with E-state index in [0.717, 1.165) is 10.9 Å². The zero-order valence-electron chi connectivity index (χ0n) is 14.1. The molecule has 0 aliphatic rings. The molecule has 0 saturated heterocycles. The van der Waals surface area contributed by atoms with Crippen LogP contribution in [0.25, 0.3) is 11.0 Å². The summed E-state index contributed by atoms with van der Waals surface area (Å²) in [7, 11) is 0. The number of esters is 1. The van der Waals surface area contributed by atoms with E-state index in [4.69, 9.17) is 9.15 Å². The van der Waals surface area contributed by atoms with Gasteiger partial charge in [-0.3, -0.25) is 4.79 Å². The van der Waals surface area contributed by atoms with Crippen LogP contribution in [0.1, 0.15) is 50.4 Å². The van der Waals surface area contributed by atoms with E-state index in [9.17, 15) is 9.59 Å². The van der Waals surface area contributed by atoms with E-state index in [1.54, 1.807) is 20.8 Å². The Morgan fingerprint density at radius 1 is 1.12 bits per heavy atom. The smallest absolute Gasteiger partial charge is 0.340 e. The van der Waals surface area contributed by atoms with Crippen molar-refractivity contribution in [3.63, 3.8) is 0 Å². The molecule has 0 unspecified atom stereocenters. The molecule has 3 rings (SSSR count).